The number of aryl methyl sites for hydroxylation is 1. The van der Waals surface area contributed by atoms with E-state index in [4.69, 9.17) is 9.73 Å². The van der Waals surface area contributed by atoms with E-state index in [0.717, 1.165) is 46.7 Å². The van der Waals surface area contributed by atoms with Crippen LogP contribution in [0.5, 0.6) is 11.5 Å². The molecule has 7 rings (SSSR count). The van der Waals surface area contributed by atoms with Gasteiger partial charge in [0.25, 0.3) is 5.56 Å². The minimum atomic E-state index is -0.318. The third-order valence-electron chi connectivity index (χ3n) is 7.62. The zero-order chi connectivity index (χ0) is 28.6. The Hall–Kier alpha value is -5.08. The second kappa shape index (κ2) is 10.7. The topological polar surface area (TPSA) is 88.5 Å². The molecule has 0 radical (unpaired) electrons. The Bertz CT molecular complexity index is 2080. The molecule has 0 saturated heterocycles. The number of azo groups is 1. The number of methoxy groups -OCH3 is 1. The van der Waals surface area contributed by atoms with Crippen LogP contribution < -0.4 is 19.6 Å². The molecule has 7 nitrogen and oxygen atoms in total. The Kier molecular flexibility index (Phi) is 6.60. The summed E-state index contributed by atoms with van der Waals surface area (Å²) in [5.74, 6) is 0.786. The van der Waals surface area contributed by atoms with Crippen LogP contribution in [0.2, 0.25) is 0 Å². The van der Waals surface area contributed by atoms with Crippen LogP contribution in [-0.4, -0.2) is 16.8 Å². The highest BCUT2D eigenvalue weighted by molar-refractivity contribution is 7.07. The number of rotatable bonds is 5. The molecule has 42 heavy (non-hydrogen) atoms. The molecule has 206 valence electrons. The molecule has 0 amide bonds. The predicted molar refractivity (Wildman–Crippen MR) is 164 cm³/mol. The van der Waals surface area contributed by atoms with Gasteiger partial charge >= 0.3 is 0 Å². The van der Waals surface area contributed by atoms with Crippen LogP contribution in [0.4, 0.5) is 11.4 Å². The summed E-state index contributed by atoms with van der Waals surface area (Å²) in [5, 5.41) is 19.3. The van der Waals surface area contributed by atoms with Gasteiger partial charge in [-0.25, -0.2) is 4.99 Å². The molecule has 0 unspecified atom stereocenters. The van der Waals surface area contributed by atoms with E-state index in [0.29, 0.717) is 20.6 Å². The van der Waals surface area contributed by atoms with Gasteiger partial charge in [-0.15, -0.1) is 0 Å². The van der Waals surface area contributed by atoms with Crippen molar-refractivity contribution in [1.82, 2.24) is 4.57 Å². The fraction of sp³-hybridized carbons (Fsp3) is 0.118. The molecule has 1 aliphatic heterocycles. The molecular weight excluding hydrogens is 544 g/mol. The first-order valence-electron chi connectivity index (χ1n) is 13.7. The van der Waals surface area contributed by atoms with Crippen LogP contribution >= 0.6 is 11.3 Å². The second-order valence-corrected chi connectivity index (χ2v) is 11.2. The van der Waals surface area contributed by atoms with Gasteiger partial charge in [-0.2, -0.15) is 10.2 Å². The van der Waals surface area contributed by atoms with Crippen LogP contribution in [0.1, 0.15) is 34.7 Å². The highest BCUT2D eigenvalue weighted by atomic mass is 32.1. The number of hydrogen-bond donors (Lipinski definition) is 1. The number of hydrogen-bond acceptors (Lipinski definition) is 7. The largest absolute Gasteiger partial charge is 0.507 e. The molecule has 2 aliphatic rings. The minimum Gasteiger partial charge on any atom is -0.507 e. The number of benzene rings is 4. The van der Waals surface area contributed by atoms with Gasteiger partial charge < -0.3 is 9.84 Å². The monoisotopic (exact) mass is 570 g/mol. The standard InChI is InChI=1S/C34H26N4O3S/c1-41-26-12-7-9-22(19-26)32-28-16-14-21-8-5-6-13-27(21)31(28)35-34-38(32)33(40)30(42-34)20-23-18-25(15-17-29(23)39)37-36-24-10-3-2-4-11-24/h2-13,15,17-20,32,39H,14,16H2,1H3/b30-20+,37-36?/t32-/m0/s1. The van der Waals surface area contributed by atoms with Crippen molar-refractivity contribution in [1.29, 1.82) is 0 Å². The average Bonchev–Trinajstić information content (AvgIpc) is 3.34. The zero-order valence-electron chi connectivity index (χ0n) is 22.8. The van der Waals surface area contributed by atoms with E-state index >= 15 is 0 Å². The van der Waals surface area contributed by atoms with Crippen molar-refractivity contribution in [3.8, 4) is 11.5 Å². The molecule has 5 aromatic rings. The lowest BCUT2D eigenvalue weighted by atomic mass is 9.83. The molecule has 8 heteroatoms. The lowest BCUT2D eigenvalue weighted by Crippen LogP contribution is -2.38. The van der Waals surface area contributed by atoms with Crippen LogP contribution in [0.3, 0.4) is 0 Å². The molecule has 1 atom stereocenters. The molecule has 1 aliphatic carbocycles. The summed E-state index contributed by atoms with van der Waals surface area (Å²) in [6, 6.07) is 30.3. The Morgan fingerprint density at radius 3 is 2.60 bits per heavy atom. The Morgan fingerprint density at radius 1 is 0.929 bits per heavy atom. The number of nitrogens with zero attached hydrogens (tertiary/aromatic N) is 4. The highest BCUT2D eigenvalue weighted by Crippen LogP contribution is 2.41. The quantitative estimate of drug-likeness (QED) is 0.246. The molecule has 2 heterocycles. The Labute approximate surface area is 245 Å². The number of ether oxygens (including phenoxy) is 1. The van der Waals surface area contributed by atoms with Gasteiger partial charge in [0.15, 0.2) is 4.80 Å². The first-order chi connectivity index (χ1) is 20.6. The maximum absolute atomic E-state index is 14.1. The summed E-state index contributed by atoms with van der Waals surface area (Å²) in [7, 11) is 1.64. The number of phenols is 1. The van der Waals surface area contributed by atoms with Crippen LogP contribution in [0, 0.1) is 0 Å². The molecular formula is C34H26N4O3S. The third-order valence-corrected chi connectivity index (χ3v) is 8.60. The summed E-state index contributed by atoms with van der Waals surface area (Å²) in [6.45, 7) is 0. The molecule has 4 aromatic carbocycles. The van der Waals surface area contributed by atoms with E-state index in [2.05, 4.69) is 28.4 Å². The lowest BCUT2D eigenvalue weighted by Gasteiger charge is -2.31. The fourth-order valence-corrected chi connectivity index (χ4v) is 6.60. The summed E-state index contributed by atoms with van der Waals surface area (Å²) >= 11 is 1.32. The Morgan fingerprint density at radius 2 is 1.74 bits per heavy atom. The number of aromatic hydroxyl groups is 1. The van der Waals surface area contributed by atoms with E-state index in [9.17, 15) is 9.90 Å². The van der Waals surface area contributed by atoms with Gasteiger partial charge in [0.05, 0.1) is 34.8 Å². The molecule has 0 fully saturated rings. The minimum absolute atomic E-state index is 0.0528. The van der Waals surface area contributed by atoms with Gasteiger partial charge in [-0.05, 0) is 78.1 Å². The van der Waals surface area contributed by atoms with E-state index in [1.165, 1.54) is 16.9 Å². The average molecular weight is 571 g/mol. The zero-order valence-corrected chi connectivity index (χ0v) is 23.6. The van der Waals surface area contributed by atoms with E-state index in [-0.39, 0.29) is 17.4 Å². The van der Waals surface area contributed by atoms with E-state index in [1.54, 1.807) is 36.0 Å². The SMILES string of the molecule is COc1cccc([C@H]2C3=C(N=c4s/c(=C/c5cc(N=Nc6ccccc6)ccc5O)c(=O)n42)c2ccccc2CC3)c1. The first kappa shape index (κ1) is 25.9. The normalized spacial score (nSPS) is 16.1. The molecule has 0 spiro atoms. The van der Waals surface area contributed by atoms with Gasteiger partial charge in [0.2, 0.25) is 0 Å². The Balaban J connectivity index is 1.39. The van der Waals surface area contributed by atoms with Crippen LogP contribution in [-0.2, 0) is 6.42 Å². The number of phenolic OH excluding ortho intramolecular Hbond substituents is 1. The van der Waals surface area contributed by atoms with Crippen LogP contribution in [0.25, 0.3) is 11.8 Å². The summed E-state index contributed by atoms with van der Waals surface area (Å²) in [4.78, 5) is 19.8. The second-order valence-electron chi connectivity index (χ2n) is 10.2. The summed E-state index contributed by atoms with van der Waals surface area (Å²) in [6.07, 6.45) is 3.39. The van der Waals surface area contributed by atoms with Crippen LogP contribution in [0.15, 0.2) is 123 Å². The van der Waals surface area contributed by atoms with Crippen molar-refractivity contribution >= 4 is 34.5 Å². The predicted octanol–water partition coefficient (Wildman–Crippen LogP) is 6.45. The van der Waals surface area contributed by atoms with Gasteiger partial charge in [-0.1, -0.05) is 65.9 Å². The van der Waals surface area contributed by atoms with Gasteiger partial charge in [0, 0.05) is 11.1 Å². The molecule has 0 saturated carbocycles. The van der Waals surface area contributed by atoms with Gasteiger partial charge in [0.1, 0.15) is 11.5 Å². The van der Waals surface area contributed by atoms with Crippen molar-refractivity contribution in [3.63, 3.8) is 0 Å². The van der Waals surface area contributed by atoms with Crippen molar-refractivity contribution in [2.24, 2.45) is 15.2 Å². The van der Waals surface area contributed by atoms with E-state index < -0.39 is 0 Å². The smallest absolute Gasteiger partial charge is 0.271 e. The van der Waals surface area contributed by atoms with E-state index in [1.807, 2.05) is 60.7 Å². The number of fused-ring (bicyclic) bond motifs is 3. The molecule has 0 bridgehead atoms. The molecule has 1 aromatic heterocycles. The molecule has 1 N–H and O–H groups in total. The number of thiazole rings is 1. The third kappa shape index (κ3) is 4.65. The summed E-state index contributed by atoms with van der Waals surface area (Å²) < 4.78 is 7.80. The number of aromatic nitrogens is 1. The maximum Gasteiger partial charge on any atom is 0.271 e. The summed E-state index contributed by atoms with van der Waals surface area (Å²) in [5.41, 5.74) is 7.00. The van der Waals surface area contributed by atoms with Crippen molar-refractivity contribution in [3.05, 3.63) is 145 Å². The highest BCUT2D eigenvalue weighted by Gasteiger charge is 2.32. The first-order valence-corrected chi connectivity index (χ1v) is 14.5. The van der Waals surface area contributed by atoms with Crippen molar-refractivity contribution < 1.29 is 9.84 Å². The number of allylic oxidation sites excluding steroid dienone is 1. The van der Waals surface area contributed by atoms with Gasteiger partial charge in [-0.3, -0.25) is 9.36 Å². The van der Waals surface area contributed by atoms with Crippen molar-refractivity contribution in [2.45, 2.75) is 18.9 Å². The maximum atomic E-state index is 14.1. The lowest BCUT2D eigenvalue weighted by molar-refractivity contribution is 0.413. The van der Waals surface area contributed by atoms with Crippen molar-refractivity contribution in [2.75, 3.05) is 7.11 Å². The fourth-order valence-electron chi connectivity index (χ4n) is 5.61.